The molecular weight excluding hydrogens is 432 g/mol. The SMILES string of the molecule is C[C@]12CC[C@H]3[C@@H](CCC4=CC(=O)CC(OC(=O)c5ccccc5)[C@@]43C)[C@@H]1CC[C@]2(O)C(=O)CO. The number of hydrogen-bond acceptors (Lipinski definition) is 6. The summed E-state index contributed by atoms with van der Waals surface area (Å²) in [6, 6.07) is 8.88. The topological polar surface area (TPSA) is 101 Å². The average Bonchev–Trinajstić information content (AvgIpc) is 3.11. The van der Waals surface area contributed by atoms with Crippen molar-refractivity contribution in [2.75, 3.05) is 6.61 Å². The number of aliphatic hydroxyl groups is 2. The molecule has 1 aromatic carbocycles. The maximum absolute atomic E-state index is 13.0. The van der Waals surface area contributed by atoms with E-state index in [9.17, 15) is 24.6 Å². The van der Waals surface area contributed by atoms with Crippen molar-refractivity contribution in [2.24, 2.45) is 28.6 Å². The van der Waals surface area contributed by atoms with Crippen molar-refractivity contribution in [1.82, 2.24) is 0 Å². The summed E-state index contributed by atoms with van der Waals surface area (Å²) in [6.45, 7) is 3.52. The molecule has 1 aromatic rings. The number of hydrogen-bond donors (Lipinski definition) is 2. The fraction of sp³-hybridized carbons (Fsp3) is 0.607. The van der Waals surface area contributed by atoms with Crippen LogP contribution in [-0.4, -0.2) is 46.1 Å². The molecule has 0 saturated heterocycles. The third kappa shape index (κ3) is 3.18. The minimum atomic E-state index is -1.49. The van der Waals surface area contributed by atoms with Crippen LogP contribution in [0.1, 0.15) is 69.2 Å². The first-order valence-corrected chi connectivity index (χ1v) is 12.5. The monoisotopic (exact) mass is 466 g/mol. The first-order chi connectivity index (χ1) is 16.1. The summed E-state index contributed by atoms with van der Waals surface area (Å²) in [5, 5.41) is 20.9. The molecule has 0 spiro atoms. The van der Waals surface area contributed by atoms with Crippen LogP contribution in [-0.2, 0) is 14.3 Å². The van der Waals surface area contributed by atoms with Gasteiger partial charge in [0, 0.05) is 17.3 Å². The summed E-state index contributed by atoms with van der Waals surface area (Å²) >= 11 is 0. The number of aliphatic hydroxyl groups excluding tert-OH is 1. The van der Waals surface area contributed by atoms with E-state index in [1.54, 1.807) is 30.3 Å². The van der Waals surface area contributed by atoms with Gasteiger partial charge in [-0.05, 0) is 74.5 Å². The molecule has 3 saturated carbocycles. The molecule has 34 heavy (non-hydrogen) atoms. The first-order valence-electron chi connectivity index (χ1n) is 12.5. The van der Waals surface area contributed by atoms with Crippen LogP contribution in [0, 0.1) is 28.6 Å². The molecule has 0 heterocycles. The normalized spacial score (nSPS) is 41.1. The van der Waals surface area contributed by atoms with Crippen LogP contribution < -0.4 is 0 Å². The van der Waals surface area contributed by atoms with E-state index in [-0.39, 0.29) is 30.0 Å². The van der Waals surface area contributed by atoms with Gasteiger partial charge >= 0.3 is 5.97 Å². The summed E-state index contributed by atoms with van der Waals surface area (Å²) < 4.78 is 6.07. The lowest BCUT2D eigenvalue weighted by atomic mass is 9.45. The number of carbonyl (C=O) groups is 3. The van der Waals surface area contributed by atoms with Crippen molar-refractivity contribution in [1.29, 1.82) is 0 Å². The minimum Gasteiger partial charge on any atom is -0.457 e. The molecule has 0 aromatic heterocycles. The van der Waals surface area contributed by atoms with Gasteiger partial charge in [0.2, 0.25) is 0 Å². The van der Waals surface area contributed by atoms with Gasteiger partial charge in [-0.15, -0.1) is 0 Å². The number of fused-ring (bicyclic) bond motifs is 5. The second-order valence-electron chi connectivity index (χ2n) is 11.2. The fourth-order valence-electron chi connectivity index (χ4n) is 8.13. The molecule has 6 heteroatoms. The molecular formula is C28H34O6. The summed E-state index contributed by atoms with van der Waals surface area (Å²) in [7, 11) is 0. The van der Waals surface area contributed by atoms with Crippen molar-refractivity contribution in [3.8, 4) is 0 Å². The van der Waals surface area contributed by atoms with Crippen LogP contribution in [0.15, 0.2) is 42.0 Å². The van der Waals surface area contributed by atoms with Gasteiger partial charge in [-0.1, -0.05) is 37.6 Å². The zero-order valence-electron chi connectivity index (χ0n) is 20.0. The Balaban J connectivity index is 1.48. The molecule has 182 valence electrons. The van der Waals surface area contributed by atoms with E-state index in [1.807, 2.05) is 13.0 Å². The Labute approximate surface area is 200 Å². The lowest BCUT2D eigenvalue weighted by Gasteiger charge is -2.60. The Morgan fingerprint density at radius 1 is 1.06 bits per heavy atom. The van der Waals surface area contributed by atoms with Crippen molar-refractivity contribution >= 4 is 17.5 Å². The summed E-state index contributed by atoms with van der Waals surface area (Å²) in [4.78, 5) is 38.2. The molecule has 0 aliphatic heterocycles. The van der Waals surface area contributed by atoms with Gasteiger partial charge < -0.3 is 14.9 Å². The highest BCUT2D eigenvalue weighted by Crippen LogP contribution is 2.67. The largest absolute Gasteiger partial charge is 0.457 e. The Morgan fingerprint density at radius 2 is 1.76 bits per heavy atom. The van der Waals surface area contributed by atoms with E-state index in [0.717, 1.165) is 31.3 Å². The highest BCUT2D eigenvalue weighted by molar-refractivity contribution is 5.94. The highest BCUT2D eigenvalue weighted by atomic mass is 16.5. The number of Topliss-reactive ketones (excluding diaryl/α,β-unsaturated/α-hetero) is 1. The molecule has 4 aliphatic carbocycles. The highest BCUT2D eigenvalue weighted by Gasteiger charge is 2.67. The van der Waals surface area contributed by atoms with E-state index in [0.29, 0.717) is 18.4 Å². The van der Waals surface area contributed by atoms with E-state index >= 15 is 0 Å². The molecule has 0 amide bonds. The molecule has 7 atom stereocenters. The molecule has 5 rings (SSSR count). The third-order valence-electron chi connectivity index (χ3n) is 10.1. The van der Waals surface area contributed by atoms with Crippen LogP contribution >= 0.6 is 0 Å². The predicted molar refractivity (Wildman–Crippen MR) is 125 cm³/mol. The van der Waals surface area contributed by atoms with Crippen LogP contribution in [0.2, 0.25) is 0 Å². The Bertz CT molecular complexity index is 1050. The Morgan fingerprint density at radius 3 is 2.47 bits per heavy atom. The van der Waals surface area contributed by atoms with Gasteiger partial charge in [-0.25, -0.2) is 4.79 Å². The van der Waals surface area contributed by atoms with E-state index in [4.69, 9.17) is 4.74 Å². The maximum atomic E-state index is 13.0. The minimum absolute atomic E-state index is 0.00113. The zero-order valence-corrected chi connectivity index (χ0v) is 20.0. The number of ether oxygens (including phenoxy) is 1. The van der Waals surface area contributed by atoms with Crippen LogP contribution in [0.4, 0.5) is 0 Å². The average molecular weight is 467 g/mol. The van der Waals surface area contributed by atoms with Gasteiger partial charge in [-0.3, -0.25) is 9.59 Å². The number of carbonyl (C=O) groups excluding carboxylic acids is 3. The first kappa shape index (κ1) is 23.4. The fourth-order valence-corrected chi connectivity index (χ4v) is 8.13. The molecule has 0 bridgehead atoms. The van der Waals surface area contributed by atoms with E-state index in [2.05, 4.69) is 6.92 Å². The number of benzene rings is 1. The molecule has 4 aliphatic rings. The van der Waals surface area contributed by atoms with E-state index in [1.165, 1.54) is 0 Å². The lowest BCUT2D eigenvalue weighted by Crippen LogP contribution is -2.60. The smallest absolute Gasteiger partial charge is 0.338 e. The summed E-state index contributed by atoms with van der Waals surface area (Å²) in [6.07, 6.45) is 5.61. The number of rotatable bonds is 4. The van der Waals surface area contributed by atoms with Gasteiger partial charge in [-0.2, -0.15) is 0 Å². The van der Waals surface area contributed by atoms with Crippen molar-refractivity contribution in [2.45, 2.75) is 70.5 Å². The maximum Gasteiger partial charge on any atom is 0.338 e. The summed E-state index contributed by atoms with van der Waals surface area (Å²) in [5.41, 5.74) is -0.979. The zero-order chi connectivity index (χ0) is 24.3. The molecule has 6 nitrogen and oxygen atoms in total. The predicted octanol–water partition coefficient (Wildman–Crippen LogP) is 3.65. The van der Waals surface area contributed by atoms with E-state index < -0.39 is 40.9 Å². The van der Waals surface area contributed by atoms with Crippen molar-refractivity contribution < 1.29 is 29.3 Å². The van der Waals surface area contributed by atoms with Gasteiger partial charge in [0.1, 0.15) is 18.3 Å². The number of esters is 1. The van der Waals surface area contributed by atoms with Crippen LogP contribution in [0.3, 0.4) is 0 Å². The Kier molecular flexibility index (Phi) is 5.60. The van der Waals surface area contributed by atoms with Crippen molar-refractivity contribution in [3.05, 3.63) is 47.5 Å². The molecule has 0 radical (unpaired) electrons. The second-order valence-corrected chi connectivity index (χ2v) is 11.2. The van der Waals surface area contributed by atoms with Gasteiger partial charge in [0.25, 0.3) is 0 Å². The molecule has 3 fully saturated rings. The molecule has 2 N–H and O–H groups in total. The van der Waals surface area contributed by atoms with Crippen LogP contribution in [0.25, 0.3) is 0 Å². The third-order valence-corrected chi connectivity index (χ3v) is 10.1. The second kappa shape index (κ2) is 8.13. The standard InChI is InChI=1S/C28H34O6/c1-26-12-10-22-20(21(26)11-13-28(26,33)23(31)16-29)9-8-18-14-19(30)15-24(27(18,22)2)34-25(32)17-6-4-3-5-7-17/h3-7,14,20-22,24,29,33H,8-13,15-16H2,1-2H3/t20-,21-,22-,24?,26-,27-,28-/m0/s1. The van der Waals surface area contributed by atoms with Gasteiger partial charge in [0.15, 0.2) is 11.6 Å². The van der Waals surface area contributed by atoms with Gasteiger partial charge in [0.05, 0.1) is 5.56 Å². The molecule has 1 unspecified atom stereocenters. The Hall–Kier alpha value is -2.31. The van der Waals surface area contributed by atoms with Crippen molar-refractivity contribution in [3.63, 3.8) is 0 Å². The lowest BCUT2D eigenvalue weighted by molar-refractivity contribution is -0.168. The quantitative estimate of drug-likeness (QED) is 0.657. The number of ketones is 2. The summed E-state index contributed by atoms with van der Waals surface area (Å²) in [5.74, 6) is -0.287. The van der Waals surface area contributed by atoms with Crippen LogP contribution in [0.5, 0.6) is 0 Å².